The van der Waals surface area contributed by atoms with Crippen LogP contribution in [0.25, 0.3) is 0 Å². The molecule has 0 aliphatic rings. The molecular weight excluding hydrogens is 315 g/mol. The summed E-state index contributed by atoms with van der Waals surface area (Å²) in [5.74, 6) is 3.89. The van der Waals surface area contributed by atoms with Gasteiger partial charge in [-0.05, 0) is 0 Å². The first kappa shape index (κ1) is 14.7. The molecule has 0 bridgehead atoms. The molecule has 20 heavy (non-hydrogen) atoms. The van der Waals surface area contributed by atoms with Crippen LogP contribution in [0.1, 0.15) is 5.56 Å². The van der Waals surface area contributed by atoms with Gasteiger partial charge >= 0.3 is 126 Å². The molecule has 0 amide bonds. The number of rotatable bonds is 5. The van der Waals surface area contributed by atoms with Crippen molar-refractivity contribution in [2.24, 2.45) is 0 Å². The van der Waals surface area contributed by atoms with Crippen molar-refractivity contribution in [2.75, 3.05) is 6.61 Å². The van der Waals surface area contributed by atoms with E-state index in [-0.39, 0.29) is 15.0 Å². The molecule has 0 aliphatic heterocycles. The zero-order valence-electron chi connectivity index (χ0n) is 11.0. The van der Waals surface area contributed by atoms with E-state index in [1.54, 1.807) is 0 Å². The van der Waals surface area contributed by atoms with E-state index in [0.717, 1.165) is 11.3 Å². The summed E-state index contributed by atoms with van der Waals surface area (Å²) in [5, 5.41) is 10.5. The second kappa shape index (κ2) is 8.45. The van der Waals surface area contributed by atoms with Gasteiger partial charge in [0, 0.05) is 0 Å². The van der Waals surface area contributed by atoms with Crippen LogP contribution in [0.15, 0.2) is 60.7 Å². The van der Waals surface area contributed by atoms with Crippen LogP contribution in [0.4, 0.5) is 0 Å². The Labute approximate surface area is 126 Å². The molecule has 102 valence electrons. The SMILES string of the molecule is OC(COc1ccccc1)C[Se]C#Cc1ccccc1. The third-order valence-corrected chi connectivity index (χ3v) is 4.18. The molecule has 2 rings (SSSR count). The van der Waals surface area contributed by atoms with Gasteiger partial charge in [-0.1, -0.05) is 0 Å². The molecule has 0 heterocycles. The molecular formula is C17H16O2Se. The summed E-state index contributed by atoms with van der Waals surface area (Å²) in [7, 11) is 0. The molecule has 3 heteroatoms. The van der Waals surface area contributed by atoms with Crippen LogP contribution < -0.4 is 4.74 Å². The van der Waals surface area contributed by atoms with Crippen molar-refractivity contribution in [3.63, 3.8) is 0 Å². The number of benzene rings is 2. The Kier molecular flexibility index (Phi) is 6.20. The molecule has 2 aromatic rings. The third kappa shape index (κ3) is 5.50. The van der Waals surface area contributed by atoms with E-state index in [4.69, 9.17) is 4.74 Å². The van der Waals surface area contributed by atoms with Gasteiger partial charge in [0.2, 0.25) is 0 Å². The number of para-hydroxylation sites is 1. The predicted octanol–water partition coefficient (Wildman–Crippen LogP) is 2.56. The fourth-order valence-electron chi connectivity index (χ4n) is 1.51. The number of ether oxygens (including phenoxy) is 1. The standard InChI is InChI=1S/C17H16O2Se/c18-16(13-19-17-9-5-2-6-10-17)14-20-12-11-15-7-3-1-4-8-15/h1-10,16,18H,13-14H2. The Morgan fingerprint density at radius 2 is 1.65 bits per heavy atom. The van der Waals surface area contributed by atoms with Crippen LogP contribution in [-0.4, -0.2) is 32.8 Å². The summed E-state index contributed by atoms with van der Waals surface area (Å²) >= 11 is 0.106. The van der Waals surface area contributed by atoms with Gasteiger partial charge in [-0.25, -0.2) is 0 Å². The molecule has 2 aromatic carbocycles. The summed E-state index contributed by atoms with van der Waals surface area (Å²) in [6.07, 6.45) is -0.458. The van der Waals surface area contributed by atoms with E-state index in [0.29, 0.717) is 11.9 Å². The number of hydrogen-bond acceptors (Lipinski definition) is 2. The minimum absolute atomic E-state index is 0.106. The van der Waals surface area contributed by atoms with Crippen molar-refractivity contribution in [1.29, 1.82) is 0 Å². The number of aliphatic hydroxyl groups excluding tert-OH is 1. The zero-order chi connectivity index (χ0) is 14.0. The van der Waals surface area contributed by atoms with Crippen molar-refractivity contribution in [2.45, 2.75) is 11.4 Å². The predicted molar refractivity (Wildman–Crippen MR) is 81.8 cm³/mol. The van der Waals surface area contributed by atoms with Crippen LogP contribution in [0.5, 0.6) is 5.75 Å². The Morgan fingerprint density at radius 3 is 2.35 bits per heavy atom. The maximum absolute atomic E-state index is 9.83. The van der Waals surface area contributed by atoms with E-state index in [1.807, 2.05) is 60.7 Å². The van der Waals surface area contributed by atoms with Crippen molar-refractivity contribution in [3.05, 3.63) is 66.2 Å². The molecule has 2 nitrogen and oxygen atoms in total. The average molecular weight is 331 g/mol. The van der Waals surface area contributed by atoms with E-state index in [9.17, 15) is 5.11 Å². The second-order valence-electron chi connectivity index (χ2n) is 4.18. The molecule has 1 unspecified atom stereocenters. The van der Waals surface area contributed by atoms with Crippen LogP contribution in [0.2, 0.25) is 5.32 Å². The summed E-state index contributed by atoms with van der Waals surface area (Å²) in [4.78, 5) is 3.13. The Balaban J connectivity index is 1.68. The molecule has 1 N–H and O–H groups in total. The van der Waals surface area contributed by atoms with Gasteiger partial charge in [0.25, 0.3) is 0 Å². The fraction of sp³-hybridized carbons (Fsp3) is 0.176. The third-order valence-electron chi connectivity index (χ3n) is 2.50. The van der Waals surface area contributed by atoms with Gasteiger partial charge in [0.1, 0.15) is 0 Å². The summed E-state index contributed by atoms with van der Waals surface area (Å²) in [5.41, 5.74) is 1.02. The normalized spacial score (nSPS) is 11.2. The van der Waals surface area contributed by atoms with Gasteiger partial charge in [-0.2, -0.15) is 0 Å². The van der Waals surface area contributed by atoms with Crippen LogP contribution in [0, 0.1) is 10.7 Å². The second-order valence-corrected chi connectivity index (χ2v) is 5.92. The Bertz CT molecular complexity index is 558. The fourth-order valence-corrected chi connectivity index (χ4v) is 2.69. The molecule has 0 aromatic heterocycles. The monoisotopic (exact) mass is 332 g/mol. The molecule has 0 saturated carbocycles. The molecule has 0 radical (unpaired) electrons. The summed E-state index contributed by atoms with van der Waals surface area (Å²) in [6, 6.07) is 19.4. The Morgan fingerprint density at radius 1 is 1.00 bits per heavy atom. The van der Waals surface area contributed by atoms with E-state index >= 15 is 0 Å². The molecule has 0 spiro atoms. The van der Waals surface area contributed by atoms with Gasteiger partial charge in [0.05, 0.1) is 0 Å². The first-order valence-electron chi connectivity index (χ1n) is 6.38. The molecule has 0 fully saturated rings. The van der Waals surface area contributed by atoms with Crippen molar-refractivity contribution >= 4 is 15.0 Å². The van der Waals surface area contributed by atoms with E-state index < -0.39 is 6.10 Å². The van der Waals surface area contributed by atoms with E-state index in [1.165, 1.54) is 0 Å². The van der Waals surface area contributed by atoms with Crippen molar-refractivity contribution in [3.8, 4) is 16.5 Å². The topological polar surface area (TPSA) is 29.5 Å². The first-order valence-corrected chi connectivity index (χ1v) is 8.45. The number of hydrogen-bond donors (Lipinski definition) is 1. The van der Waals surface area contributed by atoms with Gasteiger partial charge in [0.15, 0.2) is 0 Å². The minimum atomic E-state index is -0.458. The van der Waals surface area contributed by atoms with Gasteiger partial charge in [-0.15, -0.1) is 0 Å². The van der Waals surface area contributed by atoms with Gasteiger partial charge < -0.3 is 0 Å². The van der Waals surface area contributed by atoms with Crippen LogP contribution in [0.3, 0.4) is 0 Å². The van der Waals surface area contributed by atoms with Crippen LogP contribution in [-0.2, 0) is 0 Å². The maximum atomic E-state index is 9.83. The molecule has 1 atom stereocenters. The Hall–Kier alpha value is -1.72. The van der Waals surface area contributed by atoms with Crippen molar-refractivity contribution < 1.29 is 9.84 Å². The average Bonchev–Trinajstić information content (AvgIpc) is 2.52. The molecule has 0 aliphatic carbocycles. The summed E-state index contributed by atoms with van der Waals surface area (Å²) < 4.78 is 5.49. The first-order chi connectivity index (χ1) is 9.84. The van der Waals surface area contributed by atoms with Gasteiger partial charge in [-0.3, -0.25) is 0 Å². The quantitative estimate of drug-likeness (QED) is 0.674. The van der Waals surface area contributed by atoms with Crippen molar-refractivity contribution in [1.82, 2.24) is 0 Å². The summed E-state index contributed by atoms with van der Waals surface area (Å²) in [6.45, 7) is 0.318. The zero-order valence-corrected chi connectivity index (χ0v) is 12.7. The molecule has 0 saturated heterocycles. The van der Waals surface area contributed by atoms with E-state index in [2.05, 4.69) is 10.7 Å². The van der Waals surface area contributed by atoms with Crippen LogP contribution >= 0.6 is 0 Å². The number of aliphatic hydroxyl groups is 1.